The predicted molar refractivity (Wildman–Crippen MR) is 86.6 cm³/mol. The maximum absolute atomic E-state index is 11.6. The summed E-state index contributed by atoms with van der Waals surface area (Å²) < 4.78 is 22.9. The number of hydrogen-bond acceptors (Lipinski definition) is 4. The number of hydrogen-bond donors (Lipinski definition) is 3. The molecule has 0 aromatic carbocycles. The first kappa shape index (κ1) is 17.1. The van der Waals surface area contributed by atoms with E-state index in [1.54, 1.807) is 0 Å². The van der Waals surface area contributed by atoms with Crippen molar-refractivity contribution in [2.24, 2.45) is 4.99 Å². The molecule has 8 heteroatoms. The Morgan fingerprint density at radius 2 is 1.95 bits per heavy atom. The second kappa shape index (κ2) is 7.80. The number of guanidine groups is 1. The second-order valence-electron chi connectivity index (χ2n) is 5.95. The molecule has 1 atom stereocenters. The van der Waals surface area contributed by atoms with Crippen LogP contribution in [0.4, 0.5) is 0 Å². The molecule has 1 aliphatic carbocycles. The summed E-state index contributed by atoms with van der Waals surface area (Å²) in [7, 11) is -2.90. The lowest BCUT2D eigenvalue weighted by atomic mass is 10.3. The van der Waals surface area contributed by atoms with Crippen LogP contribution in [-0.4, -0.2) is 57.0 Å². The van der Waals surface area contributed by atoms with Gasteiger partial charge in [-0.2, -0.15) is 0 Å². The molecule has 2 aliphatic rings. The van der Waals surface area contributed by atoms with Crippen LogP contribution in [-0.2, 0) is 14.6 Å². The molecule has 1 saturated carbocycles. The quantitative estimate of drug-likeness (QED) is 0.341. The topological polar surface area (TPSA) is 99.7 Å². The van der Waals surface area contributed by atoms with E-state index in [1.165, 1.54) is 0 Å². The molecular formula is C14H26N4O3S. The van der Waals surface area contributed by atoms with Gasteiger partial charge in [0.05, 0.1) is 11.5 Å². The zero-order chi connectivity index (χ0) is 16.0. The minimum atomic E-state index is -2.90. The van der Waals surface area contributed by atoms with Crippen molar-refractivity contribution in [1.82, 2.24) is 16.0 Å². The first-order chi connectivity index (χ1) is 10.5. The molecule has 0 spiro atoms. The molecule has 1 heterocycles. The highest BCUT2D eigenvalue weighted by Gasteiger charge is 2.28. The Balaban J connectivity index is 1.70. The van der Waals surface area contributed by atoms with Crippen LogP contribution in [0.15, 0.2) is 4.99 Å². The minimum absolute atomic E-state index is 0.0686. The number of nitrogens with one attached hydrogen (secondary N) is 3. The van der Waals surface area contributed by atoms with Gasteiger partial charge < -0.3 is 16.0 Å². The Bertz CT molecular complexity index is 514. The van der Waals surface area contributed by atoms with E-state index in [1.807, 2.05) is 6.92 Å². The molecule has 0 radical (unpaired) electrons. The number of amides is 1. The van der Waals surface area contributed by atoms with E-state index in [-0.39, 0.29) is 23.5 Å². The Labute approximate surface area is 132 Å². The summed E-state index contributed by atoms with van der Waals surface area (Å²) in [4.78, 5) is 16.0. The van der Waals surface area contributed by atoms with Gasteiger partial charge in [0.2, 0.25) is 5.91 Å². The molecule has 7 nitrogen and oxygen atoms in total. The van der Waals surface area contributed by atoms with Crippen molar-refractivity contribution in [2.45, 2.75) is 51.1 Å². The number of carbonyl (C=O) groups is 1. The normalized spacial score (nSPS) is 24.0. The molecule has 126 valence electrons. The number of carbonyl (C=O) groups excluding carboxylic acids is 1. The van der Waals surface area contributed by atoms with E-state index in [4.69, 9.17) is 0 Å². The lowest BCUT2D eigenvalue weighted by Gasteiger charge is -2.15. The maximum atomic E-state index is 11.6. The number of aliphatic imine (C=N–C) groups is 1. The number of rotatable bonds is 7. The van der Waals surface area contributed by atoms with E-state index >= 15 is 0 Å². The summed E-state index contributed by atoms with van der Waals surface area (Å²) in [6, 6.07) is 0.334. The number of sulfone groups is 1. The molecular weight excluding hydrogens is 304 g/mol. The van der Waals surface area contributed by atoms with Gasteiger partial charge in [-0.05, 0) is 32.6 Å². The van der Waals surface area contributed by atoms with Gasteiger partial charge in [-0.1, -0.05) is 0 Å². The standard InChI is InChI=1S/C14H26N4O3S/c1-2-15-14(18-12-7-9-22(20,21)10-12)16-8-3-4-13(19)17-11-5-6-11/h11-12H,2-10H2,1H3,(H,17,19)(H2,15,16,18). The van der Waals surface area contributed by atoms with Crippen LogP contribution in [0.1, 0.15) is 39.0 Å². The average Bonchev–Trinajstić information content (AvgIpc) is 3.18. The highest BCUT2D eigenvalue weighted by molar-refractivity contribution is 7.91. The maximum Gasteiger partial charge on any atom is 0.220 e. The van der Waals surface area contributed by atoms with Crippen molar-refractivity contribution >= 4 is 21.7 Å². The Morgan fingerprint density at radius 1 is 1.18 bits per heavy atom. The number of nitrogens with zero attached hydrogens (tertiary/aromatic N) is 1. The van der Waals surface area contributed by atoms with Crippen LogP contribution in [0.5, 0.6) is 0 Å². The van der Waals surface area contributed by atoms with E-state index in [0.717, 1.165) is 12.8 Å². The smallest absolute Gasteiger partial charge is 0.220 e. The molecule has 1 amide bonds. The Morgan fingerprint density at radius 3 is 2.55 bits per heavy atom. The molecule has 1 saturated heterocycles. The fourth-order valence-electron chi connectivity index (χ4n) is 2.38. The Kier molecular flexibility index (Phi) is 6.05. The molecule has 22 heavy (non-hydrogen) atoms. The zero-order valence-corrected chi connectivity index (χ0v) is 13.9. The summed E-state index contributed by atoms with van der Waals surface area (Å²) >= 11 is 0. The van der Waals surface area contributed by atoms with Crippen LogP contribution in [0, 0.1) is 0 Å². The van der Waals surface area contributed by atoms with Gasteiger partial charge >= 0.3 is 0 Å². The minimum Gasteiger partial charge on any atom is -0.357 e. The average molecular weight is 330 g/mol. The van der Waals surface area contributed by atoms with E-state index in [9.17, 15) is 13.2 Å². The third-order valence-corrected chi connectivity index (χ3v) is 5.46. The summed E-state index contributed by atoms with van der Waals surface area (Å²) in [6.07, 6.45) is 4.00. The van der Waals surface area contributed by atoms with Crippen molar-refractivity contribution in [3.63, 3.8) is 0 Å². The predicted octanol–water partition coefficient (Wildman–Crippen LogP) is -0.213. The molecule has 3 N–H and O–H groups in total. The van der Waals surface area contributed by atoms with Crippen LogP contribution >= 0.6 is 0 Å². The van der Waals surface area contributed by atoms with Gasteiger partial charge in [0.25, 0.3) is 0 Å². The highest BCUT2D eigenvalue weighted by atomic mass is 32.2. The first-order valence-corrected chi connectivity index (χ1v) is 9.85. The van der Waals surface area contributed by atoms with Crippen molar-refractivity contribution in [3.8, 4) is 0 Å². The summed E-state index contributed by atoms with van der Waals surface area (Å²) in [5, 5.41) is 9.22. The third kappa shape index (κ3) is 6.21. The summed E-state index contributed by atoms with van der Waals surface area (Å²) in [5.74, 6) is 1.14. The van der Waals surface area contributed by atoms with E-state index in [0.29, 0.717) is 44.4 Å². The van der Waals surface area contributed by atoms with Gasteiger partial charge in [0.15, 0.2) is 15.8 Å². The third-order valence-electron chi connectivity index (χ3n) is 3.69. The molecule has 0 aromatic heterocycles. The van der Waals surface area contributed by atoms with Crippen molar-refractivity contribution < 1.29 is 13.2 Å². The van der Waals surface area contributed by atoms with Crippen LogP contribution in [0.2, 0.25) is 0 Å². The van der Waals surface area contributed by atoms with E-state index < -0.39 is 9.84 Å². The van der Waals surface area contributed by atoms with Gasteiger partial charge in [0.1, 0.15) is 0 Å². The lowest BCUT2D eigenvalue weighted by molar-refractivity contribution is -0.121. The highest BCUT2D eigenvalue weighted by Crippen LogP contribution is 2.18. The van der Waals surface area contributed by atoms with Crippen LogP contribution in [0.25, 0.3) is 0 Å². The van der Waals surface area contributed by atoms with Gasteiger partial charge in [-0.15, -0.1) is 0 Å². The fourth-order valence-corrected chi connectivity index (χ4v) is 4.05. The van der Waals surface area contributed by atoms with Gasteiger partial charge in [0, 0.05) is 31.6 Å². The summed E-state index contributed by atoms with van der Waals surface area (Å²) in [5.41, 5.74) is 0. The SMILES string of the molecule is CCNC(=NCCCC(=O)NC1CC1)NC1CCS(=O)(=O)C1. The zero-order valence-electron chi connectivity index (χ0n) is 13.1. The van der Waals surface area contributed by atoms with Crippen LogP contribution < -0.4 is 16.0 Å². The van der Waals surface area contributed by atoms with Crippen molar-refractivity contribution in [1.29, 1.82) is 0 Å². The molecule has 0 bridgehead atoms. The molecule has 1 unspecified atom stereocenters. The Hall–Kier alpha value is -1.31. The van der Waals surface area contributed by atoms with Crippen molar-refractivity contribution in [2.75, 3.05) is 24.6 Å². The monoisotopic (exact) mass is 330 g/mol. The largest absolute Gasteiger partial charge is 0.357 e. The second-order valence-corrected chi connectivity index (χ2v) is 8.18. The molecule has 2 fully saturated rings. The molecule has 2 rings (SSSR count). The first-order valence-electron chi connectivity index (χ1n) is 8.03. The molecule has 0 aromatic rings. The van der Waals surface area contributed by atoms with Crippen LogP contribution in [0.3, 0.4) is 0 Å². The fraction of sp³-hybridized carbons (Fsp3) is 0.857. The van der Waals surface area contributed by atoms with E-state index in [2.05, 4.69) is 20.9 Å². The van der Waals surface area contributed by atoms with Crippen molar-refractivity contribution in [3.05, 3.63) is 0 Å². The van der Waals surface area contributed by atoms with Gasteiger partial charge in [-0.25, -0.2) is 8.42 Å². The summed E-state index contributed by atoms with van der Waals surface area (Å²) in [6.45, 7) is 3.23. The molecule has 1 aliphatic heterocycles. The van der Waals surface area contributed by atoms with Gasteiger partial charge in [-0.3, -0.25) is 9.79 Å². The lowest BCUT2D eigenvalue weighted by Crippen LogP contribution is -2.44.